The second kappa shape index (κ2) is 6.80. The van der Waals surface area contributed by atoms with Crippen LogP contribution in [0.5, 0.6) is 0 Å². The number of rotatable bonds is 5. The Balaban J connectivity index is 2.24. The van der Waals surface area contributed by atoms with E-state index in [2.05, 4.69) is 6.58 Å². The molecule has 0 atom stereocenters. The van der Waals surface area contributed by atoms with Crippen molar-refractivity contribution in [1.82, 2.24) is 0 Å². The highest BCUT2D eigenvalue weighted by Gasteiger charge is 2.28. The smallest absolute Gasteiger partial charge is 0.266 e. The van der Waals surface area contributed by atoms with Gasteiger partial charge in [-0.3, -0.25) is 4.79 Å². The molecule has 0 aliphatic rings. The lowest BCUT2D eigenvalue weighted by molar-refractivity contribution is 0.569. The van der Waals surface area contributed by atoms with Gasteiger partial charge in [0.2, 0.25) is 5.88 Å². The third-order valence-electron chi connectivity index (χ3n) is 4.13. The average molecular weight is 369 g/mol. The molecule has 0 saturated heterocycles. The fourth-order valence-electron chi connectivity index (χ4n) is 2.71. The van der Waals surface area contributed by atoms with Crippen LogP contribution in [0.4, 0.5) is 5.88 Å². The van der Waals surface area contributed by atoms with Gasteiger partial charge in [-0.25, -0.2) is 12.7 Å². The summed E-state index contributed by atoms with van der Waals surface area (Å²) in [5.74, 6) is 0.00850. The van der Waals surface area contributed by atoms with Crippen LogP contribution in [-0.4, -0.2) is 15.0 Å². The maximum absolute atomic E-state index is 13.1. The predicted octanol–water partition coefficient (Wildman–Crippen LogP) is 3.79. The Labute approximate surface area is 152 Å². The normalized spacial score (nSPS) is 11.5. The fraction of sp³-hybridized carbons (Fsp3) is 0.150. The Hall–Kier alpha value is -2.86. The van der Waals surface area contributed by atoms with Crippen molar-refractivity contribution in [2.75, 3.05) is 10.8 Å². The molecule has 26 heavy (non-hydrogen) atoms. The highest BCUT2D eigenvalue weighted by Crippen LogP contribution is 2.28. The minimum atomic E-state index is -3.91. The van der Waals surface area contributed by atoms with Gasteiger partial charge >= 0.3 is 0 Å². The molecule has 6 heteroatoms. The summed E-state index contributed by atoms with van der Waals surface area (Å²) in [6.45, 7) is 7.06. The fourth-order valence-corrected chi connectivity index (χ4v) is 4.13. The van der Waals surface area contributed by atoms with Crippen LogP contribution in [0, 0.1) is 13.8 Å². The number of aryl methyl sites for hydroxylation is 1. The van der Waals surface area contributed by atoms with E-state index in [4.69, 9.17) is 4.42 Å². The van der Waals surface area contributed by atoms with Gasteiger partial charge < -0.3 is 4.42 Å². The summed E-state index contributed by atoms with van der Waals surface area (Å²) < 4.78 is 33.2. The maximum Gasteiger partial charge on any atom is 0.266 e. The summed E-state index contributed by atoms with van der Waals surface area (Å²) in [6, 6.07) is 13.3. The van der Waals surface area contributed by atoms with E-state index >= 15 is 0 Å². The molecule has 5 nitrogen and oxygen atoms in total. The number of fused-ring (bicyclic) bond motifs is 1. The minimum absolute atomic E-state index is 0.00850. The van der Waals surface area contributed by atoms with Crippen molar-refractivity contribution in [3.63, 3.8) is 0 Å². The van der Waals surface area contributed by atoms with Gasteiger partial charge in [0.25, 0.3) is 10.0 Å². The third kappa shape index (κ3) is 3.04. The predicted molar refractivity (Wildman–Crippen MR) is 103 cm³/mol. The first kappa shape index (κ1) is 17.9. The Bertz CT molecular complexity index is 1130. The van der Waals surface area contributed by atoms with Gasteiger partial charge in [-0.2, -0.15) is 0 Å². The number of hydrogen-bond acceptors (Lipinski definition) is 4. The molecule has 0 aliphatic heterocycles. The Kier molecular flexibility index (Phi) is 4.70. The second-order valence-electron chi connectivity index (χ2n) is 6.00. The largest absolute Gasteiger partial charge is 0.439 e. The number of anilines is 1. The van der Waals surface area contributed by atoms with Gasteiger partial charge in [0.15, 0.2) is 5.43 Å². The zero-order chi connectivity index (χ0) is 18.9. The Morgan fingerprint density at radius 1 is 1.08 bits per heavy atom. The van der Waals surface area contributed by atoms with Crippen molar-refractivity contribution in [2.24, 2.45) is 0 Å². The lowest BCUT2D eigenvalue weighted by atomic mass is 10.2. The molecule has 0 saturated carbocycles. The molecule has 0 spiro atoms. The molecular weight excluding hydrogens is 350 g/mol. The van der Waals surface area contributed by atoms with Crippen LogP contribution < -0.4 is 9.73 Å². The standard InChI is InChI=1S/C20H19NO4S/c1-4-13-21(26(23,24)16-11-9-14(2)10-12-16)20-15(3)19(22)17-7-5-6-8-18(17)25-20/h4-12H,1,13H2,2-3H3. The topological polar surface area (TPSA) is 67.6 Å². The van der Waals surface area contributed by atoms with Crippen molar-refractivity contribution in [3.05, 3.63) is 82.5 Å². The van der Waals surface area contributed by atoms with Crippen molar-refractivity contribution in [2.45, 2.75) is 18.7 Å². The molecule has 0 unspecified atom stereocenters. The van der Waals surface area contributed by atoms with Crippen LogP contribution in [0.15, 0.2) is 75.3 Å². The first-order valence-corrected chi connectivity index (χ1v) is 9.53. The van der Waals surface area contributed by atoms with Gasteiger partial charge in [0, 0.05) is 0 Å². The van der Waals surface area contributed by atoms with Crippen LogP contribution >= 0.6 is 0 Å². The van der Waals surface area contributed by atoms with Gasteiger partial charge in [-0.1, -0.05) is 35.9 Å². The van der Waals surface area contributed by atoms with E-state index in [1.165, 1.54) is 18.2 Å². The SMILES string of the molecule is C=CCN(c1oc2ccccc2c(=O)c1C)S(=O)(=O)c1ccc(C)cc1. The highest BCUT2D eigenvalue weighted by atomic mass is 32.2. The van der Waals surface area contributed by atoms with E-state index in [0.29, 0.717) is 11.0 Å². The molecule has 3 aromatic rings. The molecule has 1 aromatic heterocycles. The van der Waals surface area contributed by atoms with E-state index in [1.54, 1.807) is 43.3 Å². The summed E-state index contributed by atoms with van der Waals surface area (Å²) in [5.41, 5.74) is 1.27. The van der Waals surface area contributed by atoms with Crippen molar-refractivity contribution < 1.29 is 12.8 Å². The Morgan fingerprint density at radius 2 is 1.73 bits per heavy atom. The summed E-state index contributed by atoms with van der Waals surface area (Å²) in [4.78, 5) is 12.8. The summed E-state index contributed by atoms with van der Waals surface area (Å²) in [5, 5.41) is 0.417. The molecule has 0 aliphatic carbocycles. The quantitative estimate of drug-likeness (QED) is 0.642. The van der Waals surface area contributed by atoms with E-state index in [1.807, 2.05) is 6.92 Å². The van der Waals surface area contributed by atoms with Crippen LogP contribution in [0.2, 0.25) is 0 Å². The summed E-state index contributed by atoms with van der Waals surface area (Å²) in [6.07, 6.45) is 1.46. The van der Waals surface area contributed by atoms with E-state index < -0.39 is 10.0 Å². The first-order chi connectivity index (χ1) is 12.4. The van der Waals surface area contributed by atoms with Gasteiger partial charge in [-0.05, 0) is 38.1 Å². The molecule has 0 bridgehead atoms. The van der Waals surface area contributed by atoms with Gasteiger partial charge in [-0.15, -0.1) is 6.58 Å². The monoisotopic (exact) mass is 369 g/mol. The minimum Gasteiger partial charge on any atom is -0.439 e. The van der Waals surface area contributed by atoms with E-state index in [0.717, 1.165) is 9.87 Å². The highest BCUT2D eigenvalue weighted by molar-refractivity contribution is 7.92. The number of nitrogens with zero attached hydrogens (tertiary/aromatic N) is 1. The van der Waals surface area contributed by atoms with Gasteiger partial charge in [0.05, 0.1) is 22.4 Å². The molecule has 0 amide bonds. The number of benzene rings is 2. The number of hydrogen-bond donors (Lipinski definition) is 0. The lowest BCUT2D eigenvalue weighted by Gasteiger charge is -2.23. The molecule has 0 radical (unpaired) electrons. The van der Waals surface area contributed by atoms with Crippen LogP contribution in [0.1, 0.15) is 11.1 Å². The van der Waals surface area contributed by atoms with E-state index in [-0.39, 0.29) is 28.3 Å². The van der Waals surface area contributed by atoms with Crippen molar-refractivity contribution in [1.29, 1.82) is 0 Å². The molecule has 1 heterocycles. The molecule has 0 N–H and O–H groups in total. The first-order valence-electron chi connectivity index (χ1n) is 8.09. The second-order valence-corrected chi connectivity index (χ2v) is 7.86. The number of para-hydroxylation sites is 1. The molecular formula is C20H19NO4S. The van der Waals surface area contributed by atoms with Crippen molar-refractivity contribution >= 4 is 26.9 Å². The summed E-state index contributed by atoms with van der Waals surface area (Å²) >= 11 is 0. The van der Waals surface area contributed by atoms with Gasteiger partial charge in [0.1, 0.15) is 5.58 Å². The molecule has 0 fully saturated rings. The van der Waals surface area contributed by atoms with Crippen LogP contribution in [0.3, 0.4) is 0 Å². The summed E-state index contributed by atoms with van der Waals surface area (Å²) in [7, 11) is -3.91. The average Bonchev–Trinajstić information content (AvgIpc) is 2.63. The zero-order valence-corrected chi connectivity index (χ0v) is 15.4. The number of sulfonamides is 1. The molecule has 2 aromatic carbocycles. The third-order valence-corrected chi connectivity index (χ3v) is 5.89. The van der Waals surface area contributed by atoms with Crippen molar-refractivity contribution in [3.8, 4) is 0 Å². The molecule has 3 rings (SSSR count). The zero-order valence-electron chi connectivity index (χ0n) is 14.6. The van der Waals surface area contributed by atoms with E-state index in [9.17, 15) is 13.2 Å². The maximum atomic E-state index is 13.1. The lowest BCUT2D eigenvalue weighted by Crippen LogP contribution is -2.33. The van der Waals surface area contributed by atoms with Crippen LogP contribution in [0.25, 0.3) is 11.0 Å². The molecule has 134 valence electrons. The Morgan fingerprint density at radius 3 is 2.38 bits per heavy atom. The van der Waals surface area contributed by atoms with Crippen LogP contribution in [-0.2, 0) is 10.0 Å².